The number of aliphatic imine (C=N–C) groups is 1. The number of nitrogens with zero attached hydrogens (tertiary/aromatic N) is 2. The molecule has 1 aromatic carbocycles. The highest BCUT2D eigenvalue weighted by atomic mass is 127. The minimum Gasteiger partial charge on any atom is -0.375 e. The molecule has 1 N–H and O–H groups in total. The lowest BCUT2D eigenvalue weighted by Gasteiger charge is -2.37. The van der Waals surface area contributed by atoms with Gasteiger partial charge in [0, 0.05) is 55.6 Å². The third kappa shape index (κ3) is 6.99. The van der Waals surface area contributed by atoms with Gasteiger partial charge in [-0.05, 0) is 18.4 Å². The van der Waals surface area contributed by atoms with Gasteiger partial charge in [-0.15, -0.1) is 24.0 Å². The van der Waals surface area contributed by atoms with Crippen LogP contribution in [-0.2, 0) is 26.0 Å². The fraction of sp³-hybridized carbons (Fsp3) is 0.632. The van der Waals surface area contributed by atoms with E-state index in [0.29, 0.717) is 24.7 Å². The van der Waals surface area contributed by atoms with Crippen LogP contribution in [0.3, 0.4) is 0 Å². The lowest BCUT2D eigenvalue weighted by Crippen LogP contribution is -2.53. The molecule has 3 unspecified atom stereocenters. The highest BCUT2D eigenvalue weighted by Crippen LogP contribution is 2.21. The fourth-order valence-corrected chi connectivity index (χ4v) is 4.47. The molecule has 27 heavy (non-hydrogen) atoms. The van der Waals surface area contributed by atoms with Gasteiger partial charge >= 0.3 is 0 Å². The zero-order chi connectivity index (χ0) is 18.2. The Bertz CT molecular complexity index is 611. The molecule has 3 rings (SSSR count). The Labute approximate surface area is 181 Å². The molecule has 3 atom stereocenters. The standard InChI is InChI=1S/C19H29N3O3S.HI/c1-20-19(21-9-13-26(23)15-16-6-3-2-4-7-16)22-10-12-25-18(14-22)17-8-5-11-24-17;/h2-4,6-7,17-18H,5,8-15H2,1H3,(H,20,21);1H. The molecular formula is C19H30IN3O3S. The molecule has 2 aliphatic rings. The molecule has 2 fully saturated rings. The van der Waals surface area contributed by atoms with Gasteiger partial charge in [0.05, 0.1) is 12.7 Å². The van der Waals surface area contributed by atoms with Crippen LogP contribution in [0.5, 0.6) is 0 Å². The topological polar surface area (TPSA) is 63.2 Å². The van der Waals surface area contributed by atoms with Gasteiger partial charge in [-0.1, -0.05) is 30.3 Å². The van der Waals surface area contributed by atoms with Gasteiger partial charge in [0.25, 0.3) is 0 Å². The Kier molecular flexibility index (Phi) is 10.0. The van der Waals surface area contributed by atoms with Gasteiger partial charge in [0.2, 0.25) is 0 Å². The van der Waals surface area contributed by atoms with Gasteiger partial charge in [0.15, 0.2) is 5.96 Å². The van der Waals surface area contributed by atoms with Crippen molar-refractivity contribution in [3.05, 3.63) is 35.9 Å². The van der Waals surface area contributed by atoms with E-state index >= 15 is 0 Å². The van der Waals surface area contributed by atoms with Crippen molar-refractivity contribution in [2.45, 2.75) is 30.8 Å². The molecule has 1 aromatic rings. The lowest BCUT2D eigenvalue weighted by atomic mass is 10.1. The number of halogens is 1. The first kappa shape index (κ1) is 22.6. The van der Waals surface area contributed by atoms with Gasteiger partial charge < -0.3 is 19.7 Å². The summed E-state index contributed by atoms with van der Waals surface area (Å²) in [4.78, 5) is 6.61. The third-order valence-electron chi connectivity index (χ3n) is 4.77. The predicted molar refractivity (Wildman–Crippen MR) is 120 cm³/mol. The highest BCUT2D eigenvalue weighted by molar-refractivity contribution is 14.0. The Morgan fingerprint density at radius 2 is 2.04 bits per heavy atom. The summed E-state index contributed by atoms with van der Waals surface area (Å²) in [6, 6.07) is 9.97. The van der Waals surface area contributed by atoms with Crippen molar-refractivity contribution in [1.29, 1.82) is 0 Å². The highest BCUT2D eigenvalue weighted by Gasteiger charge is 2.32. The van der Waals surface area contributed by atoms with Crippen LogP contribution in [0, 0.1) is 0 Å². The number of benzene rings is 1. The van der Waals surface area contributed by atoms with Crippen molar-refractivity contribution in [1.82, 2.24) is 10.2 Å². The SMILES string of the molecule is CN=C(NCCS(=O)Cc1ccccc1)N1CCOC(C2CCCO2)C1.I. The van der Waals surface area contributed by atoms with E-state index in [2.05, 4.69) is 15.2 Å². The zero-order valence-electron chi connectivity index (χ0n) is 15.8. The molecule has 0 radical (unpaired) electrons. The average molecular weight is 507 g/mol. The maximum absolute atomic E-state index is 12.3. The molecule has 8 heteroatoms. The van der Waals surface area contributed by atoms with Crippen molar-refractivity contribution in [3.63, 3.8) is 0 Å². The third-order valence-corrected chi connectivity index (χ3v) is 6.08. The zero-order valence-corrected chi connectivity index (χ0v) is 19.0. The van der Waals surface area contributed by atoms with Crippen molar-refractivity contribution in [2.75, 3.05) is 45.6 Å². The van der Waals surface area contributed by atoms with Crippen molar-refractivity contribution < 1.29 is 13.7 Å². The first-order valence-electron chi connectivity index (χ1n) is 9.34. The monoisotopic (exact) mass is 507 g/mol. The Morgan fingerprint density at radius 1 is 1.26 bits per heavy atom. The summed E-state index contributed by atoms with van der Waals surface area (Å²) in [6.45, 7) is 3.78. The smallest absolute Gasteiger partial charge is 0.193 e. The molecule has 2 aliphatic heterocycles. The van der Waals surface area contributed by atoms with Gasteiger partial charge in [-0.2, -0.15) is 0 Å². The summed E-state index contributed by atoms with van der Waals surface area (Å²) in [5.41, 5.74) is 1.11. The molecular weight excluding hydrogens is 477 g/mol. The van der Waals surface area contributed by atoms with E-state index in [9.17, 15) is 4.21 Å². The minimum absolute atomic E-state index is 0. The van der Waals surface area contributed by atoms with Crippen LogP contribution in [0.4, 0.5) is 0 Å². The molecule has 152 valence electrons. The van der Waals surface area contributed by atoms with E-state index < -0.39 is 10.8 Å². The average Bonchev–Trinajstić information content (AvgIpc) is 3.21. The second kappa shape index (κ2) is 12.0. The first-order valence-corrected chi connectivity index (χ1v) is 10.8. The van der Waals surface area contributed by atoms with Crippen LogP contribution >= 0.6 is 24.0 Å². The summed E-state index contributed by atoms with van der Waals surface area (Å²) in [7, 11) is 0.908. The first-order chi connectivity index (χ1) is 12.8. The van der Waals surface area contributed by atoms with Gasteiger partial charge in [-0.25, -0.2) is 0 Å². The summed E-state index contributed by atoms with van der Waals surface area (Å²) in [5, 5.41) is 3.35. The maximum Gasteiger partial charge on any atom is 0.193 e. The van der Waals surface area contributed by atoms with Crippen LogP contribution in [0.15, 0.2) is 35.3 Å². The molecule has 0 saturated carbocycles. The van der Waals surface area contributed by atoms with Crippen LogP contribution in [-0.4, -0.2) is 72.9 Å². The van der Waals surface area contributed by atoms with E-state index in [4.69, 9.17) is 9.47 Å². The number of rotatable bonds is 6. The molecule has 0 amide bonds. The Hall–Kier alpha value is -0.710. The van der Waals surface area contributed by atoms with E-state index in [0.717, 1.165) is 44.1 Å². The maximum atomic E-state index is 12.3. The number of guanidine groups is 1. The number of morpholine rings is 1. The fourth-order valence-electron chi connectivity index (χ4n) is 3.43. The molecule has 0 aliphatic carbocycles. The van der Waals surface area contributed by atoms with Gasteiger partial charge in [0.1, 0.15) is 6.10 Å². The van der Waals surface area contributed by atoms with Crippen LogP contribution in [0.1, 0.15) is 18.4 Å². The number of nitrogens with one attached hydrogen (secondary N) is 1. The normalized spacial score (nSPS) is 24.3. The molecule has 2 saturated heterocycles. The second-order valence-corrected chi connectivity index (χ2v) is 8.23. The Morgan fingerprint density at radius 3 is 2.74 bits per heavy atom. The number of hydrogen-bond acceptors (Lipinski definition) is 4. The molecule has 0 aromatic heterocycles. The second-order valence-electron chi connectivity index (χ2n) is 6.65. The predicted octanol–water partition coefficient (Wildman–Crippen LogP) is 2.01. The van der Waals surface area contributed by atoms with Crippen molar-refractivity contribution >= 4 is 40.7 Å². The lowest BCUT2D eigenvalue weighted by molar-refractivity contribution is -0.0816. The van der Waals surface area contributed by atoms with E-state index in [1.807, 2.05) is 30.3 Å². The van der Waals surface area contributed by atoms with Crippen LogP contribution < -0.4 is 5.32 Å². The van der Waals surface area contributed by atoms with E-state index in [1.165, 1.54) is 0 Å². The summed E-state index contributed by atoms with van der Waals surface area (Å²) in [5.74, 6) is 2.06. The molecule has 2 heterocycles. The number of ether oxygens (including phenoxy) is 2. The quantitative estimate of drug-likeness (QED) is 0.363. The van der Waals surface area contributed by atoms with Gasteiger partial charge in [-0.3, -0.25) is 9.20 Å². The molecule has 0 bridgehead atoms. The van der Waals surface area contributed by atoms with Crippen LogP contribution in [0.2, 0.25) is 0 Å². The minimum atomic E-state index is -0.884. The number of hydrogen-bond donors (Lipinski definition) is 1. The summed E-state index contributed by atoms with van der Waals surface area (Å²) < 4.78 is 23.9. The molecule has 6 nitrogen and oxygen atoms in total. The molecule has 0 spiro atoms. The summed E-state index contributed by atoms with van der Waals surface area (Å²) in [6.07, 6.45) is 2.50. The Balaban J connectivity index is 0.00000261. The van der Waals surface area contributed by atoms with E-state index in [-0.39, 0.29) is 36.2 Å². The largest absolute Gasteiger partial charge is 0.375 e. The van der Waals surface area contributed by atoms with Crippen LogP contribution in [0.25, 0.3) is 0 Å². The van der Waals surface area contributed by atoms with Crippen molar-refractivity contribution in [2.24, 2.45) is 4.99 Å². The summed E-state index contributed by atoms with van der Waals surface area (Å²) >= 11 is 0. The van der Waals surface area contributed by atoms with Crippen molar-refractivity contribution in [3.8, 4) is 0 Å². The van der Waals surface area contributed by atoms with E-state index in [1.54, 1.807) is 7.05 Å².